The predicted octanol–water partition coefficient (Wildman–Crippen LogP) is 1.63. The number of amides is 3. The minimum Gasteiger partial charge on any atom is -0.338 e. The van der Waals surface area contributed by atoms with Crippen LogP contribution in [-0.4, -0.2) is 87.0 Å². The van der Waals surface area contributed by atoms with E-state index in [-0.39, 0.29) is 36.2 Å². The van der Waals surface area contributed by atoms with Crippen LogP contribution in [0.15, 0.2) is 41.3 Å². The van der Waals surface area contributed by atoms with Crippen LogP contribution in [0.1, 0.15) is 39.2 Å². The standard InChI is InChI=1S/C27H40N8O3.ClH/c1-19(28)21-8-11-32(12-9-21)18-20-4-6-22(7-5-20)35-13-10-23(31-26(35)38)30-25(37)34-16-14-33(15-17-34)24(36)27(2,3)29;/h4-7,10,13,19,21H,8-9,11-12,14-18,28-29H2,1-3H3,(H,30,31,37,38);1H/t19-;/m0./s1. The number of nitrogens with zero attached hydrogens (tertiary/aromatic N) is 5. The number of carbonyl (C=O) groups excluding carboxylic acids is 2. The fourth-order valence-electron chi connectivity index (χ4n) is 5.03. The van der Waals surface area contributed by atoms with Gasteiger partial charge in [0.2, 0.25) is 5.91 Å². The number of hydrogen-bond acceptors (Lipinski definition) is 7. The topological polar surface area (TPSA) is 143 Å². The van der Waals surface area contributed by atoms with Gasteiger partial charge in [0.05, 0.1) is 11.2 Å². The highest BCUT2D eigenvalue weighted by Crippen LogP contribution is 2.21. The van der Waals surface area contributed by atoms with Crippen LogP contribution in [0.2, 0.25) is 0 Å². The maximum absolute atomic E-state index is 12.7. The minimum atomic E-state index is -0.945. The molecule has 0 radical (unpaired) electrons. The van der Waals surface area contributed by atoms with Crippen molar-refractivity contribution >= 4 is 30.2 Å². The average Bonchev–Trinajstić information content (AvgIpc) is 2.89. The molecule has 4 rings (SSSR count). The zero-order valence-corrected chi connectivity index (χ0v) is 23.8. The lowest BCUT2D eigenvalue weighted by Crippen LogP contribution is -2.58. The van der Waals surface area contributed by atoms with Crippen LogP contribution in [0.25, 0.3) is 5.69 Å². The van der Waals surface area contributed by atoms with Gasteiger partial charge in [0.15, 0.2) is 0 Å². The Morgan fingerprint density at radius 1 is 1.03 bits per heavy atom. The molecule has 2 fully saturated rings. The van der Waals surface area contributed by atoms with Crippen LogP contribution in [-0.2, 0) is 11.3 Å². The normalized spacial score (nSPS) is 17.9. The third kappa shape index (κ3) is 7.78. The van der Waals surface area contributed by atoms with Crippen molar-refractivity contribution in [1.82, 2.24) is 24.3 Å². The molecule has 12 heteroatoms. The van der Waals surface area contributed by atoms with Crippen molar-refractivity contribution in [1.29, 1.82) is 0 Å². The molecule has 11 nitrogen and oxygen atoms in total. The van der Waals surface area contributed by atoms with Crippen molar-refractivity contribution in [2.45, 2.75) is 51.7 Å². The number of halogens is 1. The van der Waals surface area contributed by atoms with E-state index in [1.165, 1.54) is 10.1 Å². The summed E-state index contributed by atoms with van der Waals surface area (Å²) in [6.45, 7) is 9.96. The van der Waals surface area contributed by atoms with Crippen molar-refractivity contribution in [3.63, 3.8) is 0 Å². The second-order valence-corrected chi connectivity index (χ2v) is 11.0. The molecule has 1 aromatic heterocycles. The molecule has 2 saturated heterocycles. The van der Waals surface area contributed by atoms with Crippen LogP contribution in [0, 0.1) is 5.92 Å². The van der Waals surface area contributed by atoms with Crippen molar-refractivity contribution in [3.05, 3.63) is 52.6 Å². The number of benzene rings is 1. The Morgan fingerprint density at radius 3 is 2.15 bits per heavy atom. The summed E-state index contributed by atoms with van der Waals surface area (Å²) in [6, 6.07) is 9.38. The molecule has 1 atom stereocenters. The molecule has 39 heavy (non-hydrogen) atoms. The number of piperazine rings is 1. The Balaban J connectivity index is 0.00000420. The molecule has 0 aliphatic carbocycles. The monoisotopic (exact) mass is 560 g/mol. The van der Waals surface area contributed by atoms with E-state index in [0.717, 1.165) is 32.5 Å². The van der Waals surface area contributed by atoms with Crippen LogP contribution in [0.5, 0.6) is 0 Å². The number of carbonyl (C=O) groups is 2. The molecular weight excluding hydrogens is 520 g/mol. The van der Waals surface area contributed by atoms with E-state index >= 15 is 0 Å². The maximum atomic E-state index is 12.7. The summed E-state index contributed by atoms with van der Waals surface area (Å²) in [4.78, 5) is 47.5. The van der Waals surface area contributed by atoms with Gasteiger partial charge >= 0.3 is 11.7 Å². The third-order valence-electron chi connectivity index (χ3n) is 7.44. The smallest absolute Gasteiger partial charge is 0.338 e. The summed E-state index contributed by atoms with van der Waals surface area (Å²) >= 11 is 0. The number of nitrogens with one attached hydrogen (secondary N) is 1. The molecule has 3 amide bonds. The Bertz CT molecular complexity index is 1180. The summed E-state index contributed by atoms with van der Waals surface area (Å²) in [5, 5.41) is 2.69. The molecule has 0 unspecified atom stereocenters. The molecule has 2 aromatic rings. The minimum absolute atomic E-state index is 0. The highest BCUT2D eigenvalue weighted by Gasteiger charge is 2.31. The van der Waals surface area contributed by atoms with Gasteiger partial charge in [-0.1, -0.05) is 12.1 Å². The van der Waals surface area contributed by atoms with Gasteiger partial charge in [0.25, 0.3) is 0 Å². The number of aromatic nitrogens is 2. The molecule has 0 saturated carbocycles. The number of rotatable bonds is 6. The predicted molar refractivity (Wildman–Crippen MR) is 154 cm³/mol. The average molecular weight is 561 g/mol. The second kappa shape index (κ2) is 12.9. The highest BCUT2D eigenvalue weighted by atomic mass is 35.5. The first-order valence-electron chi connectivity index (χ1n) is 13.3. The quantitative estimate of drug-likeness (QED) is 0.487. The molecule has 1 aromatic carbocycles. The van der Waals surface area contributed by atoms with Gasteiger partial charge in [-0.25, -0.2) is 9.59 Å². The molecule has 2 aliphatic heterocycles. The zero-order chi connectivity index (χ0) is 27.4. The van der Waals surface area contributed by atoms with Gasteiger partial charge in [-0.05, 0) is 76.4 Å². The highest BCUT2D eigenvalue weighted by molar-refractivity contribution is 5.89. The van der Waals surface area contributed by atoms with Gasteiger partial charge in [-0.3, -0.25) is 19.6 Å². The molecule has 0 spiro atoms. The van der Waals surface area contributed by atoms with E-state index in [2.05, 4.69) is 22.1 Å². The largest absolute Gasteiger partial charge is 0.354 e. The van der Waals surface area contributed by atoms with E-state index in [1.807, 2.05) is 24.3 Å². The van der Waals surface area contributed by atoms with E-state index in [1.54, 1.807) is 35.9 Å². The SMILES string of the molecule is C[C@H](N)C1CCN(Cc2ccc(-n3ccc(NC(=O)N4CCN(C(=O)C(C)(C)N)CC4)nc3=O)cc2)CC1.Cl. The lowest BCUT2D eigenvalue weighted by molar-refractivity contribution is -0.137. The van der Waals surface area contributed by atoms with Gasteiger partial charge < -0.3 is 21.3 Å². The van der Waals surface area contributed by atoms with Crippen molar-refractivity contribution in [3.8, 4) is 5.69 Å². The van der Waals surface area contributed by atoms with Crippen LogP contribution in [0.4, 0.5) is 10.6 Å². The number of hydrogen-bond donors (Lipinski definition) is 3. The fourth-order valence-corrected chi connectivity index (χ4v) is 5.03. The summed E-state index contributed by atoms with van der Waals surface area (Å²) < 4.78 is 1.45. The number of likely N-dealkylation sites (tertiary alicyclic amines) is 1. The number of urea groups is 1. The Morgan fingerprint density at radius 2 is 1.62 bits per heavy atom. The first-order chi connectivity index (χ1) is 18.0. The Hall–Kier alpha value is -2.99. The molecule has 214 valence electrons. The molecular formula is C27H41ClN8O3. The fraction of sp³-hybridized carbons (Fsp3) is 0.556. The van der Waals surface area contributed by atoms with Gasteiger partial charge in [-0.15, -0.1) is 12.4 Å². The number of nitrogens with two attached hydrogens (primary N) is 2. The summed E-state index contributed by atoms with van der Waals surface area (Å²) in [7, 11) is 0. The van der Waals surface area contributed by atoms with Crippen LogP contribution in [0.3, 0.4) is 0 Å². The first kappa shape index (κ1) is 30.6. The zero-order valence-electron chi connectivity index (χ0n) is 23.0. The van der Waals surface area contributed by atoms with Crippen molar-refractivity contribution in [2.24, 2.45) is 17.4 Å². The summed E-state index contributed by atoms with van der Waals surface area (Å²) in [6.07, 6.45) is 3.86. The van der Waals surface area contributed by atoms with Crippen molar-refractivity contribution in [2.75, 3.05) is 44.6 Å². The lowest BCUT2D eigenvalue weighted by Gasteiger charge is -2.37. The Labute approximate surface area is 235 Å². The Kier molecular flexibility index (Phi) is 10.1. The maximum Gasteiger partial charge on any atom is 0.354 e. The van der Waals surface area contributed by atoms with E-state index < -0.39 is 11.2 Å². The van der Waals surface area contributed by atoms with E-state index in [9.17, 15) is 14.4 Å². The van der Waals surface area contributed by atoms with E-state index in [4.69, 9.17) is 11.5 Å². The summed E-state index contributed by atoms with van der Waals surface area (Å²) in [5.74, 6) is 0.646. The van der Waals surface area contributed by atoms with Gasteiger partial charge in [0, 0.05) is 45.0 Å². The lowest BCUT2D eigenvalue weighted by atomic mass is 9.91. The van der Waals surface area contributed by atoms with Crippen molar-refractivity contribution < 1.29 is 9.59 Å². The van der Waals surface area contributed by atoms with Crippen LogP contribution >= 0.6 is 12.4 Å². The number of anilines is 1. The summed E-state index contributed by atoms with van der Waals surface area (Å²) in [5.41, 5.74) is 12.4. The van der Waals surface area contributed by atoms with Gasteiger partial charge in [-0.2, -0.15) is 4.98 Å². The molecule has 2 aliphatic rings. The number of piperidine rings is 1. The van der Waals surface area contributed by atoms with Crippen LogP contribution < -0.4 is 22.5 Å². The molecule has 5 N–H and O–H groups in total. The van der Waals surface area contributed by atoms with Gasteiger partial charge in [0.1, 0.15) is 5.82 Å². The second-order valence-electron chi connectivity index (χ2n) is 11.0. The van der Waals surface area contributed by atoms with E-state index in [0.29, 0.717) is 37.8 Å². The molecule has 0 bridgehead atoms. The molecule has 3 heterocycles. The third-order valence-corrected chi connectivity index (χ3v) is 7.44. The first-order valence-corrected chi connectivity index (χ1v) is 13.3.